The number of nitrogens with one attached hydrogen (secondary N) is 1. The first-order valence-corrected chi connectivity index (χ1v) is 8.64. The second kappa shape index (κ2) is 8.68. The number of anilines is 1. The maximum atomic E-state index is 5.71. The van der Waals surface area contributed by atoms with Crippen molar-refractivity contribution in [3.8, 4) is 0 Å². The molecule has 0 aliphatic carbocycles. The molecule has 0 bridgehead atoms. The lowest BCUT2D eigenvalue weighted by Crippen LogP contribution is -2.37. The number of ether oxygens (including phenoxy) is 2. The molecule has 1 fully saturated rings. The minimum Gasteiger partial charge on any atom is -0.378 e. The molecule has 6 heteroatoms. The van der Waals surface area contributed by atoms with Crippen LogP contribution in [0.5, 0.6) is 0 Å². The van der Waals surface area contributed by atoms with Crippen molar-refractivity contribution in [1.82, 2.24) is 10.3 Å². The van der Waals surface area contributed by atoms with E-state index in [-0.39, 0.29) is 0 Å². The topological polar surface area (TPSA) is 46.6 Å². The Balaban J connectivity index is 1.99. The SMILES string of the molecule is CCNCc1sc(N2CCC(OCC)CC2)nc1COC. The molecule has 2 heterocycles. The molecule has 1 aromatic heterocycles. The summed E-state index contributed by atoms with van der Waals surface area (Å²) in [5, 5.41) is 4.51. The zero-order valence-corrected chi connectivity index (χ0v) is 14.2. The van der Waals surface area contributed by atoms with E-state index in [1.54, 1.807) is 18.4 Å². The predicted octanol–water partition coefficient (Wildman–Crippen LogP) is 2.40. The van der Waals surface area contributed by atoms with Gasteiger partial charge < -0.3 is 19.7 Å². The molecule has 0 radical (unpaired) electrons. The summed E-state index contributed by atoms with van der Waals surface area (Å²) >= 11 is 1.79. The van der Waals surface area contributed by atoms with Crippen LogP contribution >= 0.6 is 11.3 Å². The predicted molar refractivity (Wildman–Crippen MR) is 87.1 cm³/mol. The van der Waals surface area contributed by atoms with Crippen molar-refractivity contribution in [3.63, 3.8) is 0 Å². The minimum atomic E-state index is 0.422. The van der Waals surface area contributed by atoms with Crippen LogP contribution in [0.25, 0.3) is 0 Å². The average Bonchev–Trinajstić information content (AvgIpc) is 2.90. The van der Waals surface area contributed by atoms with Gasteiger partial charge in [0.05, 0.1) is 18.4 Å². The van der Waals surface area contributed by atoms with Gasteiger partial charge in [0.25, 0.3) is 0 Å². The van der Waals surface area contributed by atoms with Crippen LogP contribution < -0.4 is 10.2 Å². The molecule has 120 valence electrons. The van der Waals surface area contributed by atoms with E-state index in [4.69, 9.17) is 14.5 Å². The molecule has 1 aromatic rings. The first-order chi connectivity index (χ1) is 10.3. The summed E-state index contributed by atoms with van der Waals surface area (Å²) in [7, 11) is 1.73. The normalized spacial score (nSPS) is 16.6. The van der Waals surface area contributed by atoms with Crippen LogP contribution in [0.4, 0.5) is 5.13 Å². The molecule has 0 amide bonds. The van der Waals surface area contributed by atoms with Gasteiger partial charge in [0, 0.05) is 38.2 Å². The number of methoxy groups -OCH3 is 1. The number of piperidine rings is 1. The van der Waals surface area contributed by atoms with Crippen LogP contribution in [0, 0.1) is 0 Å². The van der Waals surface area contributed by atoms with Gasteiger partial charge in [-0.05, 0) is 26.3 Å². The molecule has 1 aliphatic rings. The first-order valence-electron chi connectivity index (χ1n) is 7.83. The summed E-state index contributed by atoms with van der Waals surface area (Å²) in [5.74, 6) is 0. The average molecular weight is 313 g/mol. The van der Waals surface area contributed by atoms with Gasteiger partial charge in [-0.2, -0.15) is 0 Å². The maximum Gasteiger partial charge on any atom is 0.185 e. The van der Waals surface area contributed by atoms with Gasteiger partial charge in [-0.3, -0.25) is 0 Å². The summed E-state index contributed by atoms with van der Waals surface area (Å²) in [4.78, 5) is 8.46. The van der Waals surface area contributed by atoms with Gasteiger partial charge in [0.15, 0.2) is 5.13 Å². The molecule has 0 saturated carbocycles. The van der Waals surface area contributed by atoms with Gasteiger partial charge in [-0.25, -0.2) is 4.98 Å². The Morgan fingerprint density at radius 1 is 1.33 bits per heavy atom. The number of hydrogen-bond donors (Lipinski definition) is 1. The third kappa shape index (κ3) is 4.64. The number of aromatic nitrogens is 1. The van der Waals surface area contributed by atoms with Gasteiger partial charge in [0.2, 0.25) is 0 Å². The zero-order valence-electron chi connectivity index (χ0n) is 13.4. The summed E-state index contributed by atoms with van der Waals surface area (Å²) < 4.78 is 11.0. The Morgan fingerprint density at radius 3 is 2.71 bits per heavy atom. The van der Waals surface area contributed by atoms with E-state index >= 15 is 0 Å². The van der Waals surface area contributed by atoms with Gasteiger partial charge in [-0.15, -0.1) is 11.3 Å². The molecule has 1 N–H and O–H groups in total. The monoisotopic (exact) mass is 313 g/mol. The Hall–Kier alpha value is -0.690. The Morgan fingerprint density at radius 2 is 2.10 bits per heavy atom. The van der Waals surface area contributed by atoms with Crippen LogP contribution in [-0.4, -0.2) is 44.4 Å². The summed E-state index contributed by atoms with van der Waals surface area (Å²) in [6, 6.07) is 0. The molecule has 21 heavy (non-hydrogen) atoms. The van der Waals surface area contributed by atoms with E-state index in [1.165, 1.54) is 4.88 Å². The molecule has 0 aromatic carbocycles. The second-order valence-corrected chi connectivity index (χ2v) is 6.28. The Labute approximate surface area is 131 Å². The third-order valence-corrected chi connectivity index (χ3v) is 4.86. The van der Waals surface area contributed by atoms with Crippen molar-refractivity contribution < 1.29 is 9.47 Å². The highest BCUT2D eigenvalue weighted by molar-refractivity contribution is 7.15. The molecular weight excluding hydrogens is 286 g/mol. The second-order valence-electron chi connectivity index (χ2n) is 5.22. The van der Waals surface area contributed by atoms with Crippen LogP contribution in [0.1, 0.15) is 37.3 Å². The molecule has 2 rings (SSSR count). The van der Waals surface area contributed by atoms with Crippen molar-refractivity contribution in [1.29, 1.82) is 0 Å². The third-order valence-electron chi connectivity index (χ3n) is 3.70. The van der Waals surface area contributed by atoms with Gasteiger partial charge >= 0.3 is 0 Å². The van der Waals surface area contributed by atoms with E-state index in [1.807, 2.05) is 0 Å². The van der Waals surface area contributed by atoms with Crippen molar-refractivity contribution in [2.75, 3.05) is 38.3 Å². The van der Waals surface area contributed by atoms with Crippen LogP contribution in [-0.2, 0) is 22.6 Å². The Bertz CT molecular complexity index is 417. The minimum absolute atomic E-state index is 0.422. The highest BCUT2D eigenvalue weighted by Gasteiger charge is 2.22. The lowest BCUT2D eigenvalue weighted by atomic mass is 10.1. The highest BCUT2D eigenvalue weighted by Crippen LogP contribution is 2.29. The number of nitrogens with zero attached hydrogens (tertiary/aromatic N) is 2. The quantitative estimate of drug-likeness (QED) is 0.798. The zero-order chi connectivity index (χ0) is 15.1. The fourth-order valence-electron chi connectivity index (χ4n) is 2.58. The number of thiazole rings is 1. The lowest BCUT2D eigenvalue weighted by molar-refractivity contribution is 0.0459. The molecule has 1 saturated heterocycles. The number of hydrogen-bond acceptors (Lipinski definition) is 6. The smallest absolute Gasteiger partial charge is 0.185 e. The van der Waals surface area contributed by atoms with Gasteiger partial charge in [-0.1, -0.05) is 6.92 Å². The van der Waals surface area contributed by atoms with Crippen LogP contribution in [0.2, 0.25) is 0 Å². The van der Waals surface area contributed by atoms with E-state index in [0.717, 1.165) is 56.5 Å². The van der Waals surface area contributed by atoms with Crippen LogP contribution in [0.15, 0.2) is 0 Å². The molecule has 0 unspecified atom stereocenters. The molecular formula is C15H27N3O2S. The van der Waals surface area contributed by atoms with Gasteiger partial charge in [0.1, 0.15) is 0 Å². The van der Waals surface area contributed by atoms with E-state index in [2.05, 4.69) is 24.1 Å². The number of rotatable bonds is 8. The lowest BCUT2D eigenvalue weighted by Gasteiger charge is -2.31. The molecule has 0 atom stereocenters. The van der Waals surface area contributed by atoms with E-state index in [0.29, 0.717) is 12.7 Å². The van der Waals surface area contributed by atoms with E-state index < -0.39 is 0 Å². The summed E-state index contributed by atoms with van der Waals surface area (Å²) in [6.07, 6.45) is 2.61. The van der Waals surface area contributed by atoms with Crippen molar-refractivity contribution in [3.05, 3.63) is 10.6 Å². The molecule has 1 aliphatic heterocycles. The fourth-order valence-corrected chi connectivity index (χ4v) is 3.67. The first kappa shape index (κ1) is 16.7. The summed E-state index contributed by atoms with van der Waals surface area (Å²) in [6.45, 7) is 9.51. The van der Waals surface area contributed by atoms with E-state index in [9.17, 15) is 0 Å². The molecule has 0 spiro atoms. The highest BCUT2D eigenvalue weighted by atomic mass is 32.1. The Kier molecular flexibility index (Phi) is 6.89. The maximum absolute atomic E-state index is 5.71. The fraction of sp³-hybridized carbons (Fsp3) is 0.800. The standard InChI is InChI=1S/C15H27N3O2S/c1-4-16-10-14-13(11-19-3)17-15(21-14)18-8-6-12(7-9-18)20-5-2/h12,16H,4-11H2,1-3H3. The van der Waals surface area contributed by atoms with Crippen molar-refractivity contribution in [2.24, 2.45) is 0 Å². The van der Waals surface area contributed by atoms with Crippen molar-refractivity contribution in [2.45, 2.75) is 45.9 Å². The largest absolute Gasteiger partial charge is 0.378 e. The molecule has 5 nitrogen and oxygen atoms in total. The van der Waals surface area contributed by atoms with Crippen molar-refractivity contribution >= 4 is 16.5 Å². The summed E-state index contributed by atoms with van der Waals surface area (Å²) in [5.41, 5.74) is 1.07. The van der Waals surface area contributed by atoms with Crippen LogP contribution in [0.3, 0.4) is 0 Å².